The molecule has 0 saturated carbocycles. The monoisotopic (exact) mass is 589 g/mol. The molecule has 23 heteroatoms. The van der Waals surface area contributed by atoms with Gasteiger partial charge in [0.25, 0.3) is 7.82 Å². The van der Waals surface area contributed by atoms with Crippen LogP contribution >= 0.6 is 7.82 Å². The number of alkyl halides is 18. The summed E-state index contributed by atoms with van der Waals surface area (Å²) in [5, 5.41) is 0. The molecule has 0 saturated heterocycles. The molecule has 0 spiro atoms. The van der Waals surface area contributed by atoms with E-state index in [9.17, 15) is 88.5 Å². The van der Waals surface area contributed by atoms with Crippen LogP contribution in [0.4, 0.5) is 79.0 Å². The van der Waals surface area contributed by atoms with Gasteiger partial charge in [0, 0.05) is 25.7 Å². The van der Waals surface area contributed by atoms with E-state index in [1.165, 1.54) is 0 Å². The lowest BCUT2D eigenvalue weighted by molar-refractivity contribution is -0.413. The second kappa shape index (κ2) is 9.62. The minimum Gasteiger partial charge on any atom is -0.756 e. The van der Waals surface area contributed by atoms with E-state index in [4.69, 9.17) is 0 Å². The molecule has 0 atom stereocenters. The molecule has 0 bridgehead atoms. The van der Waals surface area contributed by atoms with Crippen LogP contribution in [0.3, 0.4) is 0 Å². The zero-order valence-electron chi connectivity index (χ0n) is 15.7. The molecule has 0 aliphatic heterocycles. The van der Waals surface area contributed by atoms with E-state index in [2.05, 4.69) is 0 Å². The van der Waals surface area contributed by atoms with Gasteiger partial charge in [-0.3, -0.25) is 4.57 Å². The number of halogens is 18. The maximum atomic E-state index is 13.3. The largest absolute Gasteiger partial charge is 0.756 e. The van der Waals surface area contributed by atoms with E-state index in [1.807, 2.05) is 9.05 Å². The first-order valence-electron chi connectivity index (χ1n) is 7.95. The van der Waals surface area contributed by atoms with Gasteiger partial charge >= 0.3 is 48.3 Å². The van der Waals surface area contributed by atoms with Crippen molar-refractivity contribution in [2.75, 3.05) is 0 Å². The van der Waals surface area contributed by atoms with E-state index in [0.29, 0.717) is 0 Å². The molecule has 212 valence electrons. The number of hydrogen-bond acceptors (Lipinski definition) is 4. The lowest BCUT2D eigenvalue weighted by atomic mass is 10.1. The third-order valence-corrected chi connectivity index (χ3v) is 4.45. The van der Waals surface area contributed by atoms with Crippen LogP contribution in [-0.2, 0) is 13.6 Å². The first-order chi connectivity index (χ1) is 14.8. The maximum absolute atomic E-state index is 13.3. The highest BCUT2D eigenvalue weighted by atomic mass is 31.2. The van der Waals surface area contributed by atoms with E-state index in [-0.39, 0.29) is 0 Å². The quantitative estimate of drug-likeness (QED) is 0.184. The van der Waals surface area contributed by atoms with Gasteiger partial charge in [-0.25, -0.2) is 9.05 Å². The van der Waals surface area contributed by atoms with Gasteiger partial charge in [0.15, 0.2) is 0 Å². The summed E-state index contributed by atoms with van der Waals surface area (Å²) in [5.41, 5.74) is 0. The Kier molecular flexibility index (Phi) is 9.31. The van der Waals surface area contributed by atoms with Gasteiger partial charge in [-0.1, -0.05) is 0 Å². The van der Waals surface area contributed by atoms with Gasteiger partial charge in [-0.05, 0) is 0 Å². The van der Waals surface area contributed by atoms with Crippen molar-refractivity contribution in [1.29, 1.82) is 0 Å². The van der Waals surface area contributed by atoms with Crippen LogP contribution in [0.15, 0.2) is 0 Å². The molecule has 0 aromatic heterocycles. The standard InChI is InChI=1S/C12H9F18O4P/c13-5(14,1-3-7(17,18)19)9(23,24)11(27,28)33-35(31,32)34-12(29,30)10(25,26)6(15,16)2-4-8(20,21)22/h1-4H2,(H,31,32)/p-1. The van der Waals surface area contributed by atoms with Gasteiger partial charge < -0.3 is 4.89 Å². The van der Waals surface area contributed by atoms with Gasteiger partial charge in [-0.2, -0.15) is 79.0 Å². The fourth-order valence-corrected chi connectivity index (χ4v) is 2.58. The SMILES string of the molecule is O=P([O-])(OC(F)(F)C(F)(F)C(F)(F)CCC(F)(F)F)OC(F)(F)C(F)(F)C(F)(F)CCC(F)(F)F. The summed E-state index contributed by atoms with van der Waals surface area (Å²) in [5.74, 6) is -27.6. The van der Waals surface area contributed by atoms with Gasteiger partial charge in [0.1, 0.15) is 0 Å². The zero-order chi connectivity index (χ0) is 28.7. The first kappa shape index (κ1) is 33.8. The van der Waals surface area contributed by atoms with E-state index in [1.54, 1.807) is 0 Å². The molecular weight excluding hydrogens is 581 g/mol. The topological polar surface area (TPSA) is 58.6 Å². The second-order valence-electron chi connectivity index (χ2n) is 6.45. The van der Waals surface area contributed by atoms with E-state index >= 15 is 0 Å². The van der Waals surface area contributed by atoms with Crippen LogP contribution in [-0.4, -0.2) is 48.3 Å². The van der Waals surface area contributed by atoms with Crippen molar-refractivity contribution in [3.63, 3.8) is 0 Å². The first-order valence-corrected chi connectivity index (χ1v) is 9.42. The molecule has 0 aromatic carbocycles. The minimum absolute atomic E-state index is 1.86. The Morgan fingerprint density at radius 3 is 0.914 bits per heavy atom. The van der Waals surface area contributed by atoms with Crippen LogP contribution in [0.5, 0.6) is 0 Å². The Balaban J connectivity index is 5.85. The number of phosphoric acid groups is 1. The fraction of sp³-hybridized carbons (Fsp3) is 1.00. The molecule has 0 N–H and O–H groups in total. The van der Waals surface area contributed by atoms with Crippen molar-refractivity contribution in [3.8, 4) is 0 Å². The Bertz CT molecular complexity index is 712. The summed E-state index contributed by atoms with van der Waals surface area (Å²) in [4.78, 5) is 11.0. The van der Waals surface area contributed by atoms with Crippen LogP contribution < -0.4 is 4.89 Å². The lowest BCUT2D eigenvalue weighted by Crippen LogP contribution is -2.57. The molecule has 35 heavy (non-hydrogen) atoms. The molecule has 0 unspecified atom stereocenters. The third kappa shape index (κ3) is 8.44. The minimum atomic E-state index is -8.19. The van der Waals surface area contributed by atoms with Crippen LogP contribution in [0, 0.1) is 0 Å². The average Bonchev–Trinajstić information content (AvgIpc) is 2.54. The number of hydrogen-bond donors (Lipinski definition) is 0. The molecule has 0 aliphatic rings. The summed E-state index contributed by atoms with van der Waals surface area (Å²) in [6.07, 6.45) is -38.1. The van der Waals surface area contributed by atoms with Crippen LogP contribution in [0.2, 0.25) is 0 Å². The van der Waals surface area contributed by atoms with Gasteiger partial charge in [-0.15, -0.1) is 0 Å². The van der Waals surface area contributed by atoms with Gasteiger partial charge in [0.2, 0.25) is 0 Å². The smallest absolute Gasteiger partial charge is 0.431 e. The molecule has 0 amide bonds. The number of phosphoric ester groups is 1. The summed E-state index contributed by atoms with van der Waals surface area (Å²) < 4.78 is 245. The summed E-state index contributed by atoms with van der Waals surface area (Å²) in [6, 6.07) is 0. The second-order valence-corrected chi connectivity index (χ2v) is 7.71. The third-order valence-electron chi connectivity index (χ3n) is 3.55. The average molecular weight is 589 g/mol. The Labute approximate surface area is 180 Å². The highest BCUT2D eigenvalue weighted by Crippen LogP contribution is 2.60. The van der Waals surface area contributed by atoms with Crippen molar-refractivity contribution in [2.45, 2.75) is 73.9 Å². The molecule has 0 aliphatic carbocycles. The highest BCUT2D eigenvalue weighted by molar-refractivity contribution is 7.45. The normalized spacial score (nSPS) is 16.1. The van der Waals surface area contributed by atoms with E-state index < -0.39 is 81.8 Å². The van der Waals surface area contributed by atoms with Crippen molar-refractivity contribution < 1.29 is 97.5 Å². The van der Waals surface area contributed by atoms with Crippen molar-refractivity contribution in [2.24, 2.45) is 0 Å². The lowest BCUT2D eigenvalue weighted by Gasteiger charge is -2.38. The highest BCUT2D eigenvalue weighted by Gasteiger charge is 2.76. The molecule has 0 radical (unpaired) electrons. The summed E-state index contributed by atoms with van der Waals surface area (Å²) in [7, 11) is -8.19. The van der Waals surface area contributed by atoms with Crippen LogP contribution in [0.25, 0.3) is 0 Å². The zero-order valence-corrected chi connectivity index (χ0v) is 16.6. The van der Waals surface area contributed by atoms with E-state index in [0.717, 1.165) is 0 Å². The van der Waals surface area contributed by atoms with Crippen LogP contribution in [0.1, 0.15) is 25.7 Å². The van der Waals surface area contributed by atoms with Gasteiger partial charge in [0.05, 0.1) is 0 Å². The molecule has 0 aromatic rings. The molecule has 0 fully saturated rings. The van der Waals surface area contributed by atoms with Crippen molar-refractivity contribution in [1.82, 2.24) is 0 Å². The maximum Gasteiger partial charge on any atom is 0.431 e. The fourth-order valence-electron chi connectivity index (χ4n) is 1.75. The predicted octanol–water partition coefficient (Wildman–Crippen LogP) is 6.90. The summed E-state index contributed by atoms with van der Waals surface area (Å²) >= 11 is 0. The van der Waals surface area contributed by atoms with Crippen molar-refractivity contribution >= 4 is 7.82 Å². The molecule has 0 rings (SSSR count). The number of rotatable bonds is 12. The predicted molar refractivity (Wildman–Crippen MR) is 70.0 cm³/mol. The Morgan fingerprint density at radius 1 is 0.486 bits per heavy atom. The molecular formula is C12H8F18O4P-. The Morgan fingerprint density at radius 2 is 0.714 bits per heavy atom. The Hall–Kier alpha value is -1.15. The van der Waals surface area contributed by atoms with Crippen molar-refractivity contribution in [3.05, 3.63) is 0 Å². The molecule has 4 nitrogen and oxygen atoms in total. The summed E-state index contributed by atoms with van der Waals surface area (Å²) in [6.45, 7) is 0. The molecule has 0 heterocycles.